The zero-order chi connectivity index (χ0) is 14.3. The van der Waals surface area contributed by atoms with E-state index in [1.807, 2.05) is 20.8 Å². The average Bonchev–Trinajstić information content (AvgIpc) is 2.77. The maximum atomic E-state index is 9.79. The van der Waals surface area contributed by atoms with Crippen LogP contribution in [0, 0.1) is 0 Å². The number of aromatic nitrogens is 2. The number of β-amino-alcohol motifs (C(OH)–C–C–N with tert-alkyl or cyclic N) is 1. The predicted molar refractivity (Wildman–Crippen MR) is 74.7 cm³/mol. The van der Waals surface area contributed by atoms with Crippen LogP contribution in [-0.2, 0) is 0 Å². The fourth-order valence-electron chi connectivity index (χ4n) is 1.22. The first kappa shape index (κ1) is 16.1. The van der Waals surface area contributed by atoms with Gasteiger partial charge < -0.3 is 25.6 Å². The summed E-state index contributed by atoms with van der Waals surface area (Å²) >= 11 is 1.02. The number of rotatable bonds is 8. The Bertz CT molecular complexity index is 367. The molecule has 7 nitrogen and oxygen atoms in total. The van der Waals surface area contributed by atoms with E-state index < -0.39 is 6.10 Å². The highest BCUT2D eigenvalue weighted by molar-refractivity contribution is 6.99. The van der Waals surface area contributed by atoms with E-state index in [0.29, 0.717) is 24.8 Å². The van der Waals surface area contributed by atoms with Gasteiger partial charge in [0.05, 0.1) is 18.3 Å². The van der Waals surface area contributed by atoms with Gasteiger partial charge in [-0.05, 0) is 20.8 Å². The van der Waals surface area contributed by atoms with E-state index in [9.17, 15) is 5.11 Å². The van der Waals surface area contributed by atoms with Gasteiger partial charge in [-0.3, -0.25) is 0 Å². The highest BCUT2D eigenvalue weighted by Gasteiger charge is 2.14. The molecular weight excluding hydrogens is 268 g/mol. The van der Waals surface area contributed by atoms with Gasteiger partial charge in [0.2, 0.25) is 5.82 Å². The van der Waals surface area contributed by atoms with E-state index in [1.165, 1.54) is 0 Å². The Morgan fingerprint density at radius 1 is 1.37 bits per heavy atom. The second-order valence-corrected chi connectivity index (χ2v) is 5.69. The lowest BCUT2D eigenvalue weighted by Crippen LogP contribution is -2.42. The van der Waals surface area contributed by atoms with Crippen molar-refractivity contribution in [1.29, 1.82) is 0 Å². The zero-order valence-electron chi connectivity index (χ0n) is 11.5. The Kier molecular flexibility index (Phi) is 6.43. The first-order valence-corrected chi connectivity index (χ1v) is 6.88. The number of nitrogens with zero attached hydrogens (tertiary/aromatic N) is 2. The fraction of sp³-hybridized carbons (Fsp3) is 0.818. The Morgan fingerprint density at radius 2 is 2.11 bits per heavy atom. The quantitative estimate of drug-likeness (QED) is 0.537. The lowest BCUT2D eigenvalue weighted by atomic mass is 10.1. The highest BCUT2D eigenvalue weighted by Crippen LogP contribution is 2.20. The van der Waals surface area contributed by atoms with Crippen molar-refractivity contribution >= 4 is 17.5 Å². The van der Waals surface area contributed by atoms with Crippen molar-refractivity contribution in [1.82, 2.24) is 14.1 Å². The van der Waals surface area contributed by atoms with Gasteiger partial charge in [0.25, 0.3) is 5.88 Å². The molecule has 0 amide bonds. The number of anilines is 1. The molecule has 0 saturated heterocycles. The molecular formula is C11H22N4O3S. The number of ether oxygens (including phenoxy) is 1. The largest absolute Gasteiger partial charge is 0.472 e. The van der Waals surface area contributed by atoms with E-state index in [2.05, 4.69) is 19.4 Å². The maximum Gasteiger partial charge on any atom is 0.270 e. The third-order valence-electron chi connectivity index (χ3n) is 2.14. The third-order valence-corrected chi connectivity index (χ3v) is 2.65. The number of hydrogen-bond acceptors (Lipinski definition) is 8. The summed E-state index contributed by atoms with van der Waals surface area (Å²) in [6.45, 7) is 7.07. The molecule has 0 bridgehead atoms. The van der Waals surface area contributed by atoms with Crippen molar-refractivity contribution in [3.63, 3.8) is 0 Å². The standard InChI is InChI=1S/C11H22N4O3S/c1-11(2,3)13-6-8(17)7-18-10-9(12-4-5-16)14-19-15-10/h8,13,16-17H,4-7H2,1-3H3,(H,12,14)/t8-/m0/s1. The molecule has 0 saturated carbocycles. The number of aliphatic hydroxyl groups excluding tert-OH is 2. The van der Waals surface area contributed by atoms with Gasteiger partial charge >= 0.3 is 0 Å². The van der Waals surface area contributed by atoms with Crippen LogP contribution < -0.4 is 15.4 Å². The molecule has 0 aliphatic carbocycles. The number of hydrogen-bond donors (Lipinski definition) is 4. The summed E-state index contributed by atoms with van der Waals surface area (Å²) in [6.07, 6.45) is -0.619. The minimum atomic E-state index is -0.619. The maximum absolute atomic E-state index is 9.79. The van der Waals surface area contributed by atoms with Gasteiger partial charge in [-0.15, -0.1) is 4.37 Å². The van der Waals surface area contributed by atoms with Gasteiger partial charge in [0.1, 0.15) is 12.7 Å². The SMILES string of the molecule is CC(C)(C)NC[C@H](O)COc1nsnc1NCCO. The topological polar surface area (TPSA) is 99.5 Å². The summed E-state index contributed by atoms with van der Waals surface area (Å²) in [5.74, 6) is 0.850. The molecule has 0 fully saturated rings. The summed E-state index contributed by atoms with van der Waals surface area (Å²) in [5.41, 5.74) is -0.0446. The van der Waals surface area contributed by atoms with Crippen LogP contribution in [0.2, 0.25) is 0 Å². The molecule has 1 aromatic rings. The van der Waals surface area contributed by atoms with Crippen molar-refractivity contribution in [2.24, 2.45) is 0 Å². The molecule has 0 spiro atoms. The Hall–Kier alpha value is -0.960. The fourth-order valence-corrected chi connectivity index (χ4v) is 1.69. The number of aliphatic hydroxyl groups is 2. The molecule has 1 rings (SSSR count). The normalized spacial score (nSPS) is 13.3. The minimum Gasteiger partial charge on any atom is -0.472 e. The molecule has 0 aliphatic heterocycles. The zero-order valence-corrected chi connectivity index (χ0v) is 12.3. The summed E-state index contributed by atoms with van der Waals surface area (Å²) < 4.78 is 13.4. The van der Waals surface area contributed by atoms with E-state index in [0.717, 1.165) is 11.7 Å². The van der Waals surface area contributed by atoms with Crippen LogP contribution in [-0.4, -0.2) is 56.9 Å². The van der Waals surface area contributed by atoms with Crippen molar-refractivity contribution in [2.45, 2.75) is 32.4 Å². The second kappa shape index (κ2) is 7.59. The Morgan fingerprint density at radius 3 is 2.74 bits per heavy atom. The van der Waals surface area contributed by atoms with Crippen LogP contribution >= 0.6 is 11.7 Å². The lowest BCUT2D eigenvalue weighted by Gasteiger charge is -2.22. The van der Waals surface area contributed by atoms with Gasteiger partial charge in [-0.25, -0.2) is 0 Å². The van der Waals surface area contributed by atoms with Crippen molar-refractivity contribution in [3.05, 3.63) is 0 Å². The molecule has 19 heavy (non-hydrogen) atoms. The summed E-state index contributed by atoms with van der Waals surface area (Å²) in [6, 6.07) is 0. The molecule has 0 radical (unpaired) electrons. The van der Waals surface area contributed by atoms with Crippen LogP contribution in [0.25, 0.3) is 0 Å². The van der Waals surface area contributed by atoms with Gasteiger partial charge in [-0.1, -0.05) is 0 Å². The molecule has 0 unspecified atom stereocenters. The van der Waals surface area contributed by atoms with E-state index in [1.54, 1.807) is 0 Å². The van der Waals surface area contributed by atoms with Gasteiger partial charge in [-0.2, -0.15) is 4.37 Å². The van der Waals surface area contributed by atoms with Crippen molar-refractivity contribution in [2.75, 3.05) is 31.6 Å². The number of nitrogens with one attached hydrogen (secondary N) is 2. The second-order valence-electron chi connectivity index (χ2n) is 5.16. The molecule has 4 N–H and O–H groups in total. The van der Waals surface area contributed by atoms with E-state index >= 15 is 0 Å². The Balaban J connectivity index is 2.33. The van der Waals surface area contributed by atoms with E-state index in [4.69, 9.17) is 9.84 Å². The molecule has 1 aromatic heterocycles. The van der Waals surface area contributed by atoms with Crippen molar-refractivity contribution < 1.29 is 14.9 Å². The molecule has 0 aromatic carbocycles. The van der Waals surface area contributed by atoms with Gasteiger partial charge in [0.15, 0.2) is 0 Å². The first-order chi connectivity index (χ1) is 8.92. The van der Waals surface area contributed by atoms with Crippen molar-refractivity contribution in [3.8, 4) is 5.88 Å². The summed E-state index contributed by atoms with van der Waals surface area (Å²) in [4.78, 5) is 0. The molecule has 1 atom stereocenters. The molecule has 8 heteroatoms. The Labute approximate surface area is 117 Å². The molecule has 110 valence electrons. The summed E-state index contributed by atoms with van der Waals surface area (Å²) in [5, 5.41) is 24.6. The third kappa shape index (κ3) is 6.67. The van der Waals surface area contributed by atoms with Crippen LogP contribution in [0.3, 0.4) is 0 Å². The monoisotopic (exact) mass is 290 g/mol. The highest BCUT2D eigenvalue weighted by atomic mass is 32.1. The van der Waals surface area contributed by atoms with Gasteiger partial charge in [0, 0.05) is 18.6 Å². The molecule has 0 aliphatic rings. The smallest absolute Gasteiger partial charge is 0.270 e. The molecule has 1 heterocycles. The predicted octanol–water partition coefficient (Wildman–Crippen LogP) is 0.0701. The average molecular weight is 290 g/mol. The lowest BCUT2D eigenvalue weighted by molar-refractivity contribution is 0.0985. The van der Waals surface area contributed by atoms with Crippen LogP contribution in [0.5, 0.6) is 5.88 Å². The minimum absolute atomic E-state index is 0.00902. The van der Waals surface area contributed by atoms with Crippen LogP contribution in [0.1, 0.15) is 20.8 Å². The summed E-state index contributed by atoms with van der Waals surface area (Å²) in [7, 11) is 0. The first-order valence-electron chi connectivity index (χ1n) is 6.15. The van der Waals surface area contributed by atoms with Crippen LogP contribution in [0.4, 0.5) is 5.82 Å². The van der Waals surface area contributed by atoms with E-state index in [-0.39, 0.29) is 18.8 Å². The van der Waals surface area contributed by atoms with Crippen LogP contribution in [0.15, 0.2) is 0 Å².